The van der Waals surface area contributed by atoms with Crippen molar-refractivity contribution in [1.82, 2.24) is 10.2 Å². The third-order valence-electron chi connectivity index (χ3n) is 3.57. The van der Waals surface area contributed by atoms with Gasteiger partial charge in [-0.2, -0.15) is 0 Å². The number of thiophene rings is 1. The summed E-state index contributed by atoms with van der Waals surface area (Å²) in [4.78, 5) is 12.8. The molecule has 1 aliphatic carbocycles. The van der Waals surface area contributed by atoms with Gasteiger partial charge in [0.2, 0.25) is 5.89 Å². The molecule has 1 saturated carbocycles. The molecule has 6 heteroatoms. The summed E-state index contributed by atoms with van der Waals surface area (Å²) >= 11 is 1.58. The number of amides is 1. The van der Waals surface area contributed by atoms with Gasteiger partial charge in [-0.15, -0.1) is 16.4 Å². The molecule has 0 spiro atoms. The quantitative estimate of drug-likeness (QED) is 0.872. The first-order chi connectivity index (χ1) is 10.3. The summed E-state index contributed by atoms with van der Waals surface area (Å²) in [5.74, 6) is 0.730. The van der Waals surface area contributed by atoms with Crippen LogP contribution in [0.5, 0.6) is 0 Å². The lowest BCUT2D eigenvalue weighted by molar-refractivity contribution is -0.112. The molecule has 0 aliphatic heterocycles. The molecule has 3 rings (SSSR count). The maximum atomic E-state index is 11.8. The lowest BCUT2D eigenvalue weighted by Crippen LogP contribution is -2.07. The van der Waals surface area contributed by atoms with E-state index < -0.39 is 0 Å². The van der Waals surface area contributed by atoms with Crippen LogP contribution in [0.15, 0.2) is 28.0 Å². The lowest BCUT2D eigenvalue weighted by atomic mass is 9.89. The molecule has 0 radical (unpaired) electrons. The molecule has 2 heterocycles. The Balaban J connectivity index is 1.57. The van der Waals surface area contributed by atoms with Crippen LogP contribution >= 0.6 is 11.3 Å². The van der Waals surface area contributed by atoms with Crippen molar-refractivity contribution in [2.45, 2.75) is 38.0 Å². The number of nitrogens with zero attached hydrogens (tertiary/aromatic N) is 2. The van der Waals surface area contributed by atoms with Gasteiger partial charge in [0, 0.05) is 16.9 Å². The molecule has 0 unspecified atom stereocenters. The largest absolute Gasteiger partial charge is 0.408 e. The van der Waals surface area contributed by atoms with E-state index in [0.717, 1.165) is 17.7 Å². The van der Waals surface area contributed by atoms with Gasteiger partial charge in [-0.05, 0) is 30.4 Å². The molecule has 5 nitrogen and oxygen atoms in total. The van der Waals surface area contributed by atoms with E-state index in [-0.39, 0.29) is 11.9 Å². The molecule has 0 saturated heterocycles. The summed E-state index contributed by atoms with van der Waals surface area (Å²) in [6, 6.07) is 4.07. The highest BCUT2D eigenvalue weighted by Gasteiger charge is 2.21. The number of aromatic nitrogens is 2. The zero-order chi connectivity index (χ0) is 14.5. The highest BCUT2D eigenvalue weighted by molar-refractivity contribution is 7.10. The van der Waals surface area contributed by atoms with Crippen LogP contribution in [0, 0.1) is 0 Å². The second kappa shape index (κ2) is 6.67. The van der Waals surface area contributed by atoms with Crippen molar-refractivity contribution in [2.24, 2.45) is 0 Å². The van der Waals surface area contributed by atoms with Crippen molar-refractivity contribution in [3.63, 3.8) is 0 Å². The Bertz CT molecular complexity index is 613. The predicted octanol–water partition coefficient (Wildman–Crippen LogP) is 3.83. The second-order valence-corrected chi connectivity index (χ2v) is 6.10. The molecule has 21 heavy (non-hydrogen) atoms. The van der Waals surface area contributed by atoms with Gasteiger partial charge in [0.05, 0.1) is 0 Å². The standard InChI is InChI=1S/C15H17N3O2S/c19-13(9-8-12-7-4-10-21-12)16-15-18-17-14(20-15)11-5-2-1-3-6-11/h4,7-11H,1-3,5-6H2,(H,16,18,19)/b9-8+. The van der Waals surface area contributed by atoms with Crippen LogP contribution in [-0.4, -0.2) is 16.1 Å². The van der Waals surface area contributed by atoms with Crippen molar-refractivity contribution in [3.05, 3.63) is 34.4 Å². The minimum Gasteiger partial charge on any atom is -0.408 e. The molecular weight excluding hydrogens is 286 g/mol. The first-order valence-corrected chi connectivity index (χ1v) is 8.05. The van der Waals surface area contributed by atoms with Gasteiger partial charge in [0.25, 0.3) is 5.91 Å². The monoisotopic (exact) mass is 303 g/mol. The Morgan fingerprint density at radius 3 is 2.95 bits per heavy atom. The van der Waals surface area contributed by atoms with E-state index in [4.69, 9.17) is 4.42 Å². The zero-order valence-electron chi connectivity index (χ0n) is 11.6. The van der Waals surface area contributed by atoms with Crippen molar-refractivity contribution in [2.75, 3.05) is 5.32 Å². The Labute approximate surface area is 127 Å². The highest BCUT2D eigenvalue weighted by atomic mass is 32.1. The molecular formula is C15H17N3O2S. The number of carbonyl (C=O) groups is 1. The topological polar surface area (TPSA) is 68.0 Å². The van der Waals surface area contributed by atoms with Crippen molar-refractivity contribution in [1.29, 1.82) is 0 Å². The van der Waals surface area contributed by atoms with Crippen molar-refractivity contribution in [3.8, 4) is 0 Å². The fourth-order valence-corrected chi connectivity index (χ4v) is 3.11. The number of carbonyl (C=O) groups excluding carboxylic acids is 1. The van der Waals surface area contributed by atoms with Crippen LogP contribution in [0.4, 0.5) is 6.01 Å². The van der Waals surface area contributed by atoms with Crippen LogP contribution in [0.2, 0.25) is 0 Å². The molecule has 0 bridgehead atoms. The van der Waals surface area contributed by atoms with E-state index in [9.17, 15) is 4.79 Å². The van der Waals surface area contributed by atoms with Crippen molar-refractivity contribution >= 4 is 29.3 Å². The van der Waals surface area contributed by atoms with Gasteiger partial charge in [-0.25, -0.2) is 0 Å². The van der Waals surface area contributed by atoms with E-state index >= 15 is 0 Å². The smallest absolute Gasteiger partial charge is 0.322 e. The molecule has 110 valence electrons. The fourth-order valence-electron chi connectivity index (χ4n) is 2.49. The Morgan fingerprint density at radius 2 is 2.19 bits per heavy atom. The number of rotatable bonds is 4. The average molecular weight is 303 g/mol. The summed E-state index contributed by atoms with van der Waals surface area (Å²) in [6.45, 7) is 0. The first-order valence-electron chi connectivity index (χ1n) is 7.17. The summed E-state index contributed by atoms with van der Waals surface area (Å²) in [5.41, 5.74) is 0. The van der Waals surface area contributed by atoms with E-state index in [1.807, 2.05) is 17.5 Å². The number of hydrogen-bond donors (Lipinski definition) is 1. The van der Waals surface area contributed by atoms with Gasteiger partial charge in [0.15, 0.2) is 0 Å². The Morgan fingerprint density at radius 1 is 1.33 bits per heavy atom. The third kappa shape index (κ3) is 3.78. The highest BCUT2D eigenvalue weighted by Crippen LogP contribution is 2.32. The van der Waals surface area contributed by atoms with Crippen LogP contribution in [0.3, 0.4) is 0 Å². The molecule has 0 atom stereocenters. The van der Waals surface area contributed by atoms with Crippen LogP contribution in [-0.2, 0) is 4.79 Å². The number of nitrogens with one attached hydrogen (secondary N) is 1. The number of anilines is 1. The van der Waals surface area contributed by atoms with Crippen LogP contribution < -0.4 is 5.32 Å². The molecule has 1 amide bonds. The van der Waals surface area contributed by atoms with E-state index in [1.165, 1.54) is 25.3 Å². The van der Waals surface area contributed by atoms with E-state index in [0.29, 0.717) is 11.8 Å². The van der Waals surface area contributed by atoms with Gasteiger partial charge in [0.1, 0.15) is 0 Å². The molecule has 2 aromatic heterocycles. The second-order valence-electron chi connectivity index (χ2n) is 5.12. The van der Waals surface area contributed by atoms with Crippen LogP contribution in [0.1, 0.15) is 48.8 Å². The summed E-state index contributed by atoms with van der Waals surface area (Å²) in [6.07, 6.45) is 9.11. The maximum Gasteiger partial charge on any atom is 0.322 e. The van der Waals surface area contributed by atoms with E-state index in [2.05, 4.69) is 15.5 Å². The normalized spacial score (nSPS) is 16.4. The lowest BCUT2D eigenvalue weighted by Gasteiger charge is -2.17. The minimum absolute atomic E-state index is 0.177. The minimum atomic E-state index is -0.262. The maximum absolute atomic E-state index is 11.8. The van der Waals surface area contributed by atoms with Gasteiger partial charge in [-0.1, -0.05) is 30.4 Å². The van der Waals surface area contributed by atoms with Crippen LogP contribution in [0.25, 0.3) is 6.08 Å². The fraction of sp³-hybridized carbons (Fsp3) is 0.400. The zero-order valence-corrected chi connectivity index (χ0v) is 12.4. The summed E-state index contributed by atoms with van der Waals surface area (Å²) in [7, 11) is 0. The Hall–Kier alpha value is -1.95. The molecule has 1 fully saturated rings. The van der Waals surface area contributed by atoms with E-state index in [1.54, 1.807) is 17.4 Å². The SMILES string of the molecule is O=C(/C=C/c1cccs1)Nc1nnc(C2CCCCC2)o1. The molecule has 0 aromatic carbocycles. The average Bonchev–Trinajstić information content (AvgIpc) is 3.17. The third-order valence-corrected chi connectivity index (χ3v) is 4.40. The van der Waals surface area contributed by atoms with Gasteiger partial charge < -0.3 is 4.42 Å². The number of hydrogen-bond acceptors (Lipinski definition) is 5. The van der Waals surface area contributed by atoms with Gasteiger partial charge in [-0.3, -0.25) is 10.1 Å². The summed E-state index contributed by atoms with van der Waals surface area (Å²) in [5, 5.41) is 12.5. The Kier molecular flexibility index (Phi) is 4.45. The molecule has 1 N–H and O–H groups in total. The summed E-state index contributed by atoms with van der Waals surface area (Å²) < 4.78 is 5.55. The predicted molar refractivity (Wildman–Crippen MR) is 82.1 cm³/mol. The van der Waals surface area contributed by atoms with Gasteiger partial charge >= 0.3 is 6.01 Å². The van der Waals surface area contributed by atoms with Crippen molar-refractivity contribution < 1.29 is 9.21 Å². The molecule has 1 aliphatic rings. The first kappa shape index (κ1) is 14.0. The molecule has 2 aromatic rings.